The number of aromatic nitrogens is 2. The fraction of sp³-hybridized carbons (Fsp3) is 0.625. The molecule has 3 heterocycles. The Balaban J connectivity index is 1.75. The topological polar surface area (TPSA) is 84.3 Å². The first-order chi connectivity index (χ1) is 11.0. The van der Waals surface area contributed by atoms with E-state index in [9.17, 15) is 14.4 Å². The van der Waals surface area contributed by atoms with Crippen molar-refractivity contribution in [3.05, 3.63) is 27.4 Å². The van der Waals surface area contributed by atoms with Gasteiger partial charge in [-0.25, -0.2) is 4.98 Å². The number of nitrogens with one attached hydrogen (secondary N) is 1. The Kier molecular flexibility index (Phi) is 4.19. The smallest absolute Gasteiger partial charge is 0.256 e. The van der Waals surface area contributed by atoms with E-state index in [2.05, 4.69) is 10.3 Å². The summed E-state index contributed by atoms with van der Waals surface area (Å²) in [6.07, 6.45) is 2.16. The van der Waals surface area contributed by atoms with Crippen LogP contribution in [-0.4, -0.2) is 45.9 Å². The Morgan fingerprint density at radius 2 is 1.96 bits per heavy atom. The number of aryl methyl sites for hydroxylation is 1. The molecule has 2 amide bonds. The zero-order valence-electron chi connectivity index (χ0n) is 13.6. The molecule has 2 aliphatic rings. The minimum absolute atomic E-state index is 0.00766. The molecule has 1 atom stereocenters. The van der Waals surface area contributed by atoms with Crippen molar-refractivity contribution in [1.29, 1.82) is 0 Å². The van der Waals surface area contributed by atoms with Crippen molar-refractivity contribution in [1.82, 2.24) is 19.8 Å². The maximum absolute atomic E-state index is 12.7. The van der Waals surface area contributed by atoms with Crippen molar-refractivity contribution in [2.24, 2.45) is 13.0 Å². The Hall–Kier alpha value is -2.18. The molecule has 3 rings (SSSR count). The van der Waals surface area contributed by atoms with E-state index in [0.717, 1.165) is 11.3 Å². The molecule has 0 bridgehead atoms. The number of fused-ring (bicyclic) bond motifs is 1. The number of hydrogen-bond acceptors (Lipinski definition) is 4. The lowest BCUT2D eigenvalue weighted by atomic mass is 9.97. The predicted octanol–water partition coefficient (Wildman–Crippen LogP) is -0.458. The highest BCUT2D eigenvalue weighted by Gasteiger charge is 2.30. The van der Waals surface area contributed by atoms with Crippen molar-refractivity contribution in [2.75, 3.05) is 19.6 Å². The average Bonchev–Trinajstić information content (AvgIpc) is 2.75. The van der Waals surface area contributed by atoms with Crippen molar-refractivity contribution in [2.45, 2.75) is 32.6 Å². The van der Waals surface area contributed by atoms with Gasteiger partial charge in [-0.3, -0.25) is 19.0 Å². The van der Waals surface area contributed by atoms with Gasteiger partial charge in [0.1, 0.15) is 5.82 Å². The molecule has 23 heavy (non-hydrogen) atoms. The number of carbonyl (C=O) groups is 2. The molecule has 1 aromatic rings. The largest absolute Gasteiger partial charge is 0.355 e. The average molecular weight is 318 g/mol. The van der Waals surface area contributed by atoms with Gasteiger partial charge in [0.05, 0.1) is 11.6 Å². The number of rotatable bonds is 1. The van der Waals surface area contributed by atoms with Crippen LogP contribution in [0.4, 0.5) is 0 Å². The molecule has 7 nitrogen and oxygen atoms in total. The van der Waals surface area contributed by atoms with Crippen LogP contribution in [0.3, 0.4) is 0 Å². The highest BCUT2D eigenvalue weighted by Crippen LogP contribution is 2.17. The van der Waals surface area contributed by atoms with Gasteiger partial charge in [0, 0.05) is 45.1 Å². The van der Waals surface area contributed by atoms with Gasteiger partial charge in [0.25, 0.3) is 5.56 Å². The van der Waals surface area contributed by atoms with Gasteiger partial charge in [-0.2, -0.15) is 0 Å². The molecular weight excluding hydrogens is 296 g/mol. The molecule has 0 aliphatic carbocycles. The third-order valence-corrected chi connectivity index (χ3v) is 4.87. The first-order valence-corrected chi connectivity index (χ1v) is 8.08. The minimum atomic E-state index is -0.147. The van der Waals surface area contributed by atoms with Crippen molar-refractivity contribution in [3.63, 3.8) is 0 Å². The van der Waals surface area contributed by atoms with Crippen LogP contribution in [0.2, 0.25) is 0 Å². The van der Waals surface area contributed by atoms with Crippen LogP contribution in [0.15, 0.2) is 4.79 Å². The molecule has 2 aliphatic heterocycles. The van der Waals surface area contributed by atoms with Crippen LogP contribution in [0.25, 0.3) is 0 Å². The number of amides is 2. The monoisotopic (exact) mass is 318 g/mol. The summed E-state index contributed by atoms with van der Waals surface area (Å²) in [4.78, 5) is 42.6. The minimum Gasteiger partial charge on any atom is -0.355 e. The normalized spacial score (nSPS) is 21.4. The number of piperidine rings is 1. The molecule has 0 spiro atoms. The predicted molar refractivity (Wildman–Crippen MR) is 83.9 cm³/mol. The second-order valence-electron chi connectivity index (χ2n) is 6.31. The van der Waals surface area contributed by atoms with E-state index in [0.29, 0.717) is 51.1 Å². The van der Waals surface area contributed by atoms with Crippen molar-refractivity contribution >= 4 is 11.8 Å². The lowest BCUT2D eigenvalue weighted by Gasteiger charge is -2.28. The molecule has 124 valence electrons. The maximum atomic E-state index is 12.7. The van der Waals surface area contributed by atoms with Crippen LogP contribution in [0, 0.1) is 12.8 Å². The van der Waals surface area contributed by atoms with Crippen LogP contribution in [0.5, 0.6) is 0 Å². The Morgan fingerprint density at radius 1 is 1.22 bits per heavy atom. The summed E-state index contributed by atoms with van der Waals surface area (Å²) in [6, 6.07) is 0. The Bertz CT molecular complexity index is 700. The Morgan fingerprint density at radius 3 is 2.65 bits per heavy atom. The lowest BCUT2D eigenvalue weighted by Crippen LogP contribution is -2.45. The van der Waals surface area contributed by atoms with E-state index in [-0.39, 0.29) is 23.3 Å². The fourth-order valence-corrected chi connectivity index (χ4v) is 3.29. The lowest BCUT2D eigenvalue weighted by molar-refractivity contribution is -0.137. The van der Waals surface area contributed by atoms with Gasteiger partial charge in [0.15, 0.2) is 0 Å². The van der Waals surface area contributed by atoms with Crippen molar-refractivity contribution in [3.8, 4) is 0 Å². The summed E-state index contributed by atoms with van der Waals surface area (Å²) in [5.74, 6) is 0.641. The highest BCUT2D eigenvalue weighted by atomic mass is 16.2. The number of hydrogen-bond donors (Lipinski definition) is 1. The second-order valence-corrected chi connectivity index (χ2v) is 6.31. The number of nitrogens with zero attached hydrogens (tertiary/aromatic N) is 3. The van der Waals surface area contributed by atoms with Crippen LogP contribution >= 0.6 is 0 Å². The van der Waals surface area contributed by atoms with Gasteiger partial charge in [-0.15, -0.1) is 0 Å². The third-order valence-electron chi connectivity index (χ3n) is 4.87. The van der Waals surface area contributed by atoms with Gasteiger partial charge < -0.3 is 10.2 Å². The SMILES string of the molecule is Cc1nc2c(c(=O)n1C)CCN(C(=O)[C@@H]1CCC(=O)NC1)CC2. The van der Waals surface area contributed by atoms with Crippen LogP contribution < -0.4 is 10.9 Å². The summed E-state index contributed by atoms with van der Waals surface area (Å²) < 4.78 is 1.56. The van der Waals surface area contributed by atoms with E-state index >= 15 is 0 Å². The molecule has 1 saturated heterocycles. The summed E-state index contributed by atoms with van der Waals surface area (Å²) in [5, 5.41) is 2.76. The van der Waals surface area contributed by atoms with Gasteiger partial charge >= 0.3 is 0 Å². The summed E-state index contributed by atoms with van der Waals surface area (Å²) in [7, 11) is 1.73. The summed E-state index contributed by atoms with van der Waals surface area (Å²) in [6.45, 7) is 3.35. The Labute approximate surface area is 134 Å². The van der Waals surface area contributed by atoms with Crippen LogP contribution in [-0.2, 0) is 29.5 Å². The van der Waals surface area contributed by atoms with Crippen LogP contribution in [0.1, 0.15) is 29.9 Å². The molecule has 0 unspecified atom stereocenters. The van der Waals surface area contributed by atoms with E-state index in [1.54, 1.807) is 11.6 Å². The molecular formula is C16H22N4O3. The van der Waals surface area contributed by atoms with E-state index < -0.39 is 0 Å². The van der Waals surface area contributed by atoms with E-state index in [4.69, 9.17) is 0 Å². The summed E-state index contributed by atoms with van der Waals surface area (Å²) >= 11 is 0. The molecule has 7 heteroatoms. The molecule has 0 saturated carbocycles. The fourth-order valence-electron chi connectivity index (χ4n) is 3.29. The van der Waals surface area contributed by atoms with E-state index in [1.165, 1.54) is 0 Å². The summed E-state index contributed by atoms with van der Waals surface area (Å²) in [5.41, 5.74) is 1.54. The molecule has 1 fully saturated rings. The third kappa shape index (κ3) is 3.00. The van der Waals surface area contributed by atoms with Gasteiger partial charge in [-0.05, 0) is 19.8 Å². The zero-order chi connectivity index (χ0) is 16.6. The first-order valence-electron chi connectivity index (χ1n) is 8.08. The number of carbonyl (C=O) groups excluding carboxylic acids is 2. The molecule has 1 N–H and O–H groups in total. The van der Waals surface area contributed by atoms with Gasteiger partial charge in [0.2, 0.25) is 11.8 Å². The molecule has 1 aromatic heterocycles. The zero-order valence-corrected chi connectivity index (χ0v) is 13.6. The maximum Gasteiger partial charge on any atom is 0.256 e. The van der Waals surface area contributed by atoms with Gasteiger partial charge in [-0.1, -0.05) is 0 Å². The van der Waals surface area contributed by atoms with E-state index in [1.807, 2.05) is 11.8 Å². The quantitative estimate of drug-likeness (QED) is 0.759. The highest BCUT2D eigenvalue weighted by molar-refractivity contribution is 5.83. The van der Waals surface area contributed by atoms with Crippen molar-refractivity contribution < 1.29 is 9.59 Å². The standard InChI is InChI=1S/C16H22N4O3/c1-10-18-13-6-8-20(7-5-12(13)16(23)19(10)2)15(22)11-3-4-14(21)17-9-11/h11H,3-9H2,1-2H3,(H,17,21)/t11-/m1/s1. The molecule has 0 aromatic carbocycles. The molecule has 0 radical (unpaired) electrons. The first kappa shape index (κ1) is 15.7. The second kappa shape index (κ2) is 6.14.